The molecular formula is C31H52N2O8Si2. The first kappa shape index (κ1) is 36.9. The van der Waals surface area contributed by atoms with E-state index in [-0.39, 0.29) is 0 Å². The third-order valence-electron chi connectivity index (χ3n) is 6.36. The standard InChI is InChI=1S/C31H52N2O8Si2/c1-7-35-42(36-8-2,37-9-3)25-17-23-32-29-22-16-21-28(31(34)41-27-19-14-13-15-20-27)30(29)33-24-18-26-43(38-10-4,39-11-5)40-12-6/h13-16,19-22,32-33H,7-12,17-18,23-26H2,1-6H3. The summed E-state index contributed by atoms with van der Waals surface area (Å²) in [6.07, 6.45) is 1.51. The number of hydrogen-bond acceptors (Lipinski definition) is 10. The third-order valence-corrected chi connectivity index (χ3v) is 12.7. The molecule has 2 N–H and O–H groups in total. The van der Waals surface area contributed by atoms with E-state index in [0.29, 0.717) is 81.8 Å². The molecule has 0 fully saturated rings. The molecule has 2 aromatic rings. The van der Waals surface area contributed by atoms with E-state index in [9.17, 15) is 4.79 Å². The Labute approximate surface area is 260 Å². The molecule has 0 aliphatic rings. The fourth-order valence-electron chi connectivity index (χ4n) is 4.76. The number of hydrogen-bond donors (Lipinski definition) is 2. The Kier molecular flexibility index (Phi) is 17.7. The first-order valence-electron chi connectivity index (χ1n) is 15.6. The molecule has 0 amide bonds. The summed E-state index contributed by atoms with van der Waals surface area (Å²) < 4.78 is 41.7. The van der Waals surface area contributed by atoms with Crippen molar-refractivity contribution in [1.29, 1.82) is 0 Å². The second-order valence-electron chi connectivity index (χ2n) is 9.46. The summed E-state index contributed by atoms with van der Waals surface area (Å²) in [6.45, 7) is 16.2. The van der Waals surface area contributed by atoms with Crippen LogP contribution in [0.3, 0.4) is 0 Å². The van der Waals surface area contributed by atoms with Gasteiger partial charge in [0.1, 0.15) is 5.75 Å². The number of esters is 1. The van der Waals surface area contributed by atoms with E-state index in [0.717, 1.165) is 18.5 Å². The van der Waals surface area contributed by atoms with Gasteiger partial charge < -0.3 is 41.9 Å². The van der Waals surface area contributed by atoms with Crippen molar-refractivity contribution in [3.8, 4) is 5.75 Å². The molecule has 12 heteroatoms. The molecule has 0 bridgehead atoms. The normalized spacial score (nSPS) is 11.9. The zero-order valence-electron chi connectivity index (χ0n) is 26.9. The van der Waals surface area contributed by atoms with E-state index < -0.39 is 23.6 Å². The predicted octanol–water partition coefficient (Wildman–Crippen LogP) is 6.61. The van der Waals surface area contributed by atoms with Gasteiger partial charge in [0.05, 0.1) is 16.9 Å². The van der Waals surface area contributed by atoms with Gasteiger partial charge in [-0.25, -0.2) is 4.79 Å². The lowest BCUT2D eigenvalue weighted by Crippen LogP contribution is -2.46. The molecule has 0 saturated carbocycles. The van der Waals surface area contributed by atoms with Crippen molar-refractivity contribution in [3.63, 3.8) is 0 Å². The summed E-state index contributed by atoms with van der Waals surface area (Å²) in [5.74, 6) is 0.0521. The first-order chi connectivity index (χ1) is 20.9. The van der Waals surface area contributed by atoms with Crippen LogP contribution >= 0.6 is 0 Å². The van der Waals surface area contributed by atoms with Gasteiger partial charge in [0.2, 0.25) is 0 Å². The summed E-state index contributed by atoms with van der Waals surface area (Å²) in [7, 11) is -5.52. The lowest BCUT2D eigenvalue weighted by atomic mass is 10.1. The Balaban J connectivity index is 2.20. The van der Waals surface area contributed by atoms with E-state index in [1.54, 1.807) is 18.2 Å². The summed E-state index contributed by atoms with van der Waals surface area (Å²) in [5, 5.41) is 7.00. The highest BCUT2D eigenvalue weighted by molar-refractivity contribution is 6.61. The lowest BCUT2D eigenvalue weighted by Gasteiger charge is -2.29. The molecule has 0 aromatic heterocycles. The van der Waals surface area contributed by atoms with E-state index in [1.165, 1.54) is 0 Å². The molecule has 10 nitrogen and oxygen atoms in total. The number of anilines is 2. The average molecular weight is 637 g/mol. The van der Waals surface area contributed by atoms with Crippen molar-refractivity contribution < 1.29 is 36.1 Å². The summed E-state index contributed by atoms with van der Waals surface area (Å²) >= 11 is 0. The van der Waals surface area contributed by atoms with Crippen LogP contribution in [-0.2, 0) is 26.6 Å². The zero-order chi connectivity index (χ0) is 31.4. The maximum Gasteiger partial charge on any atom is 0.500 e. The highest BCUT2D eigenvalue weighted by atomic mass is 28.4. The zero-order valence-corrected chi connectivity index (χ0v) is 28.9. The van der Waals surface area contributed by atoms with E-state index in [1.807, 2.05) is 71.9 Å². The minimum Gasteiger partial charge on any atom is -0.423 e. The van der Waals surface area contributed by atoms with Crippen LogP contribution in [0, 0.1) is 0 Å². The molecular weight excluding hydrogens is 585 g/mol. The van der Waals surface area contributed by atoms with E-state index >= 15 is 0 Å². The van der Waals surface area contributed by atoms with Crippen molar-refractivity contribution in [2.24, 2.45) is 0 Å². The monoisotopic (exact) mass is 636 g/mol. The van der Waals surface area contributed by atoms with Crippen molar-refractivity contribution in [1.82, 2.24) is 0 Å². The van der Waals surface area contributed by atoms with Crippen LogP contribution in [0.1, 0.15) is 64.7 Å². The smallest absolute Gasteiger partial charge is 0.423 e. The molecule has 0 radical (unpaired) electrons. The Morgan fingerprint density at radius 1 is 0.605 bits per heavy atom. The summed E-state index contributed by atoms with van der Waals surface area (Å²) in [6, 6.07) is 16.0. The first-order valence-corrected chi connectivity index (χ1v) is 19.5. The number of rotatable bonds is 24. The van der Waals surface area contributed by atoms with Crippen LogP contribution < -0.4 is 15.4 Å². The van der Waals surface area contributed by atoms with Crippen molar-refractivity contribution >= 4 is 35.0 Å². The van der Waals surface area contributed by atoms with Gasteiger partial charge in [-0.1, -0.05) is 24.3 Å². The largest absolute Gasteiger partial charge is 0.500 e. The van der Waals surface area contributed by atoms with Crippen molar-refractivity contribution in [2.45, 2.75) is 66.5 Å². The van der Waals surface area contributed by atoms with Gasteiger partial charge in [0.15, 0.2) is 0 Å². The molecule has 0 unspecified atom stereocenters. The molecule has 0 atom stereocenters. The minimum atomic E-state index is -2.78. The quantitative estimate of drug-likeness (QED) is 0.0566. The van der Waals surface area contributed by atoms with Crippen LogP contribution in [0.5, 0.6) is 5.75 Å². The number of carbonyl (C=O) groups excluding carboxylic acids is 1. The van der Waals surface area contributed by atoms with Gasteiger partial charge in [-0.05, 0) is 78.6 Å². The van der Waals surface area contributed by atoms with Crippen LogP contribution in [0.15, 0.2) is 48.5 Å². The van der Waals surface area contributed by atoms with E-state index in [2.05, 4.69) is 10.6 Å². The Morgan fingerprint density at radius 3 is 1.53 bits per heavy atom. The second kappa shape index (κ2) is 20.6. The fraction of sp³-hybridized carbons (Fsp3) is 0.581. The molecule has 242 valence electrons. The van der Waals surface area contributed by atoms with Gasteiger partial charge in [-0.2, -0.15) is 0 Å². The molecule has 0 aliphatic carbocycles. The minimum absolute atomic E-state index is 0.436. The van der Waals surface area contributed by atoms with Gasteiger partial charge in [0, 0.05) is 64.8 Å². The van der Waals surface area contributed by atoms with Crippen LogP contribution in [-0.4, -0.2) is 76.3 Å². The highest BCUT2D eigenvalue weighted by Crippen LogP contribution is 2.29. The SMILES string of the molecule is CCO[Si](CCCNc1cccc(C(=O)Oc2ccccc2)c1NCCC[Si](OCC)(OCC)OCC)(OCC)OCC. The maximum absolute atomic E-state index is 13.3. The van der Waals surface area contributed by atoms with Crippen LogP contribution in [0.25, 0.3) is 0 Å². The molecule has 43 heavy (non-hydrogen) atoms. The average Bonchev–Trinajstić information content (AvgIpc) is 2.99. The lowest BCUT2D eigenvalue weighted by molar-refractivity contribution is 0.0702. The number of para-hydroxylation sites is 2. The molecule has 0 aliphatic heterocycles. The van der Waals surface area contributed by atoms with E-state index in [4.69, 9.17) is 31.3 Å². The second-order valence-corrected chi connectivity index (χ2v) is 14.9. The molecule has 0 heterocycles. The van der Waals surface area contributed by atoms with Crippen LogP contribution in [0.2, 0.25) is 12.1 Å². The fourth-order valence-corrected chi connectivity index (χ4v) is 9.98. The van der Waals surface area contributed by atoms with Crippen molar-refractivity contribution in [3.05, 3.63) is 54.1 Å². The van der Waals surface area contributed by atoms with Gasteiger partial charge >= 0.3 is 23.6 Å². The Morgan fingerprint density at radius 2 is 1.07 bits per heavy atom. The Hall–Kier alpha value is -2.30. The molecule has 2 rings (SSSR count). The molecule has 0 saturated heterocycles. The van der Waals surface area contributed by atoms with Crippen LogP contribution in [0.4, 0.5) is 11.4 Å². The number of benzene rings is 2. The molecule has 2 aromatic carbocycles. The topological polar surface area (TPSA) is 106 Å². The summed E-state index contributed by atoms with van der Waals surface area (Å²) in [4.78, 5) is 13.3. The molecule has 0 spiro atoms. The number of nitrogens with one attached hydrogen (secondary N) is 2. The maximum atomic E-state index is 13.3. The highest BCUT2D eigenvalue weighted by Gasteiger charge is 2.40. The summed E-state index contributed by atoms with van der Waals surface area (Å²) in [5.41, 5.74) is 1.93. The van der Waals surface area contributed by atoms with Crippen molar-refractivity contribution in [2.75, 3.05) is 63.4 Å². The van der Waals surface area contributed by atoms with Gasteiger partial charge in [0.25, 0.3) is 0 Å². The number of carbonyl (C=O) groups is 1. The predicted molar refractivity (Wildman–Crippen MR) is 175 cm³/mol. The third kappa shape index (κ3) is 12.3. The number of ether oxygens (including phenoxy) is 1. The Bertz CT molecular complexity index is 1010. The van der Waals surface area contributed by atoms with Gasteiger partial charge in [-0.15, -0.1) is 0 Å². The van der Waals surface area contributed by atoms with Gasteiger partial charge in [-0.3, -0.25) is 0 Å².